The summed E-state index contributed by atoms with van der Waals surface area (Å²) in [6.45, 7) is 9.91. The van der Waals surface area contributed by atoms with Crippen molar-refractivity contribution >= 4 is 6.09 Å². The molecule has 0 spiro atoms. The summed E-state index contributed by atoms with van der Waals surface area (Å²) < 4.78 is 5.14. The average Bonchev–Trinajstić information content (AvgIpc) is 2.29. The van der Waals surface area contributed by atoms with Crippen molar-refractivity contribution in [1.29, 1.82) is 0 Å². The van der Waals surface area contributed by atoms with Gasteiger partial charge < -0.3 is 4.74 Å². The summed E-state index contributed by atoms with van der Waals surface area (Å²) >= 11 is 0. The van der Waals surface area contributed by atoms with Crippen LogP contribution in [0, 0.1) is 0 Å². The largest absolute Gasteiger partial charge is 0.444 e. The summed E-state index contributed by atoms with van der Waals surface area (Å²) in [5.74, 6) is 0. The molecule has 3 heteroatoms. The molecule has 0 radical (unpaired) electrons. The Balaban J connectivity index is 4.08. The fourth-order valence-corrected chi connectivity index (χ4v) is 1.60. The van der Waals surface area contributed by atoms with E-state index in [0.717, 1.165) is 25.7 Å². The van der Waals surface area contributed by atoms with Gasteiger partial charge in [-0.15, -0.1) is 0 Å². The third-order valence-electron chi connectivity index (χ3n) is 2.39. The van der Waals surface area contributed by atoms with Crippen molar-refractivity contribution in [3.05, 3.63) is 23.9 Å². The number of amides is 1. The number of ether oxygens (including phenoxy) is 1. The number of hydrogen-bond donors (Lipinski definition) is 1. The van der Waals surface area contributed by atoms with Gasteiger partial charge in [-0.2, -0.15) is 0 Å². The van der Waals surface area contributed by atoms with Crippen LogP contribution in [0.1, 0.15) is 66.7 Å². The molecule has 110 valence electrons. The van der Waals surface area contributed by atoms with Gasteiger partial charge in [-0.3, -0.25) is 5.32 Å². The van der Waals surface area contributed by atoms with Gasteiger partial charge in [0, 0.05) is 6.20 Å². The van der Waals surface area contributed by atoms with Crippen LogP contribution in [0.25, 0.3) is 0 Å². The summed E-state index contributed by atoms with van der Waals surface area (Å²) in [4.78, 5) is 11.4. The molecule has 0 saturated carbocycles. The number of unbranched alkanes of at least 4 members (excludes halogenated alkanes) is 1. The number of rotatable bonds is 7. The Bertz CT molecular complexity index is 311. The molecule has 0 aliphatic carbocycles. The second kappa shape index (κ2) is 9.65. The number of carbonyl (C=O) groups is 1. The maximum absolute atomic E-state index is 11.4. The molecule has 0 aromatic carbocycles. The predicted molar refractivity (Wildman–Crippen MR) is 81.0 cm³/mol. The molecule has 0 bridgehead atoms. The smallest absolute Gasteiger partial charge is 0.411 e. The third kappa shape index (κ3) is 11.6. The molecule has 3 nitrogen and oxygen atoms in total. The van der Waals surface area contributed by atoms with Crippen LogP contribution in [0.2, 0.25) is 0 Å². The maximum Gasteiger partial charge on any atom is 0.411 e. The molecule has 0 aliphatic heterocycles. The van der Waals surface area contributed by atoms with Gasteiger partial charge in [-0.25, -0.2) is 4.79 Å². The van der Waals surface area contributed by atoms with E-state index in [2.05, 4.69) is 25.2 Å². The van der Waals surface area contributed by atoms with Gasteiger partial charge in [0.1, 0.15) is 5.60 Å². The van der Waals surface area contributed by atoms with Gasteiger partial charge in [0.05, 0.1) is 0 Å². The third-order valence-corrected chi connectivity index (χ3v) is 2.39. The number of allylic oxidation sites excluding steroid dienone is 3. The van der Waals surface area contributed by atoms with Crippen LogP contribution in [-0.4, -0.2) is 11.7 Å². The summed E-state index contributed by atoms with van der Waals surface area (Å²) in [6.07, 6.45) is 11.0. The SMILES string of the molecule is CCC/C=C(/C/C=C/NC(=O)OC(C)(C)C)CCC. The van der Waals surface area contributed by atoms with Crippen LogP contribution in [0.15, 0.2) is 23.9 Å². The van der Waals surface area contributed by atoms with Crippen LogP contribution >= 0.6 is 0 Å². The van der Waals surface area contributed by atoms with Crippen LogP contribution in [0.3, 0.4) is 0 Å². The van der Waals surface area contributed by atoms with Gasteiger partial charge in [0.2, 0.25) is 0 Å². The Hall–Kier alpha value is -1.25. The monoisotopic (exact) mass is 267 g/mol. The zero-order chi connectivity index (χ0) is 14.7. The van der Waals surface area contributed by atoms with Gasteiger partial charge in [-0.1, -0.05) is 44.4 Å². The van der Waals surface area contributed by atoms with Crippen LogP contribution in [0.4, 0.5) is 4.79 Å². The van der Waals surface area contributed by atoms with Gasteiger partial charge in [0.25, 0.3) is 0 Å². The Morgan fingerprint density at radius 2 is 1.89 bits per heavy atom. The minimum Gasteiger partial charge on any atom is -0.444 e. The van der Waals surface area contributed by atoms with E-state index in [1.807, 2.05) is 26.8 Å². The second-order valence-corrected chi connectivity index (χ2v) is 5.65. The predicted octanol–water partition coefficient (Wildman–Crippen LogP) is 4.94. The standard InChI is InChI=1S/C16H29NO2/c1-6-8-11-14(10-7-2)12-9-13-17-15(18)19-16(3,4)5/h9,11,13H,6-8,10,12H2,1-5H3,(H,17,18)/b13-9+,14-11+. The lowest BCUT2D eigenvalue weighted by Gasteiger charge is -2.18. The van der Waals surface area contributed by atoms with Gasteiger partial charge in [0.15, 0.2) is 0 Å². The molecular formula is C16H29NO2. The Kier molecular flexibility index (Phi) is 9.02. The van der Waals surface area contributed by atoms with Crippen LogP contribution in [0.5, 0.6) is 0 Å². The number of hydrogen-bond acceptors (Lipinski definition) is 2. The van der Waals surface area contributed by atoms with E-state index in [-0.39, 0.29) is 0 Å². The van der Waals surface area contributed by atoms with E-state index in [0.29, 0.717) is 0 Å². The summed E-state index contributed by atoms with van der Waals surface area (Å²) in [5.41, 5.74) is 0.985. The lowest BCUT2D eigenvalue weighted by molar-refractivity contribution is 0.0552. The molecule has 0 heterocycles. The molecule has 0 aliphatic rings. The highest BCUT2D eigenvalue weighted by Crippen LogP contribution is 2.12. The van der Waals surface area contributed by atoms with Crippen LogP contribution < -0.4 is 5.32 Å². The molecule has 1 N–H and O–H groups in total. The molecular weight excluding hydrogens is 238 g/mol. The van der Waals surface area contributed by atoms with E-state index < -0.39 is 11.7 Å². The molecule has 0 atom stereocenters. The fraction of sp³-hybridized carbons (Fsp3) is 0.688. The number of carbonyl (C=O) groups excluding carboxylic acids is 1. The molecule has 1 amide bonds. The lowest BCUT2D eigenvalue weighted by Crippen LogP contribution is -2.29. The van der Waals surface area contributed by atoms with E-state index in [9.17, 15) is 4.79 Å². The first-order valence-corrected chi connectivity index (χ1v) is 7.21. The van der Waals surface area contributed by atoms with E-state index >= 15 is 0 Å². The highest BCUT2D eigenvalue weighted by Gasteiger charge is 2.14. The zero-order valence-electron chi connectivity index (χ0n) is 13.1. The maximum atomic E-state index is 11.4. The Morgan fingerprint density at radius 1 is 1.21 bits per heavy atom. The van der Waals surface area contributed by atoms with Crippen molar-refractivity contribution in [2.45, 2.75) is 72.3 Å². The first kappa shape index (κ1) is 17.8. The summed E-state index contributed by atoms with van der Waals surface area (Å²) in [5, 5.41) is 2.62. The Labute approximate surface area is 118 Å². The molecule has 0 unspecified atom stereocenters. The summed E-state index contributed by atoms with van der Waals surface area (Å²) in [6, 6.07) is 0. The normalized spacial score (nSPS) is 12.8. The topological polar surface area (TPSA) is 38.3 Å². The Morgan fingerprint density at radius 3 is 2.42 bits per heavy atom. The van der Waals surface area contributed by atoms with E-state index in [1.54, 1.807) is 6.20 Å². The van der Waals surface area contributed by atoms with Crippen LogP contribution in [-0.2, 0) is 4.74 Å². The second-order valence-electron chi connectivity index (χ2n) is 5.65. The molecule has 19 heavy (non-hydrogen) atoms. The molecule has 0 aromatic heterocycles. The number of alkyl carbamates (subject to hydrolysis) is 1. The highest BCUT2D eigenvalue weighted by atomic mass is 16.6. The fourth-order valence-electron chi connectivity index (χ4n) is 1.60. The molecule has 0 fully saturated rings. The first-order chi connectivity index (χ1) is 8.89. The highest BCUT2D eigenvalue weighted by molar-refractivity contribution is 5.68. The van der Waals surface area contributed by atoms with Crippen molar-refractivity contribution in [2.75, 3.05) is 0 Å². The lowest BCUT2D eigenvalue weighted by atomic mass is 10.1. The molecule has 0 saturated heterocycles. The van der Waals surface area contributed by atoms with Crippen molar-refractivity contribution in [2.24, 2.45) is 0 Å². The van der Waals surface area contributed by atoms with Gasteiger partial charge in [-0.05, 0) is 40.0 Å². The average molecular weight is 267 g/mol. The minimum absolute atomic E-state index is 0.404. The van der Waals surface area contributed by atoms with Crippen molar-refractivity contribution < 1.29 is 9.53 Å². The number of nitrogens with one attached hydrogen (secondary N) is 1. The molecule has 0 aromatic rings. The van der Waals surface area contributed by atoms with Crippen molar-refractivity contribution in [3.8, 4) is 0 Å². The zero-order valence-corrected chi connectivity index (χ0v) is 13.1. The van der Waals surface area contributed by atoms with Gasteiger partial charge >= 0.3 is 6.09 Å². The van der Waals surface area contributed by atoms with E-state index in [4.69, 9.17) is 4.74 Å². The molecule has 0 rings (SSSR count). The minimum atomic E-state index is -0.452. The first-order valence-electron chi connectivity index (χ1n) is 7.21. The quantitative estimate of drug-likeness (QED) is 0.663. The summed E-state index contributed by atoms with van der Waals surface area (Å²) in [7, 11) is 0. The van der Waals surface area contributed by atoms with E-state index in [1.165, 1.54) is 12.0 Å². The van der Waals surface area contributed by atoms with Crippen molar-refractivity contribution in [1.82, 2.24) is 5.32 Å². The van der Waals surface area contributed by atoms with Crippen molar-refractivity contribution in [3.63, 3.8) is 0 Å².